The molecule has 4 rings (SSSR count). The van der Waals surface area contributed by atoms with Gasteiger partial charge < -0.3 is 21.0 Å². The number of aromatic nitrogens is 3. The number of aliphatic carboxylic acids is 1. The Morgan fingerprint density at radius 2 is 2.20 bits per heavy atom. The zero-order valence-electron chi connectivity index (χ0n) is 18.5. The highest BCUT2D eigenvalue weighted by molar-refractivity contribution is 8.04. The van der Waals surface area contributed by atoms with Gasteiger partial charge in [-0.25, -0.2) is 9.78 Å². The summed E-state index contributed by atoms with van der Waals surface area (Å²) < 4.78 is 0.744. The Morgan fingerprint density at radius 1 is 1.43 bits per heavy atom. The molecule has 16 heteroatoms. The zero-order chi connectivity index (χ0) is 25.3. The van der Waals surface area contributed by atoms with Crippen LogP contribution in [0.15, 0.2) is 37.1 Å². The summed E-state index contributed by atoms with van der Waals surface area (Å²) in [6.07, 6.45) is 1.74. The van der Waals surface area contributed by atoms with Gasteiger partial charge in [0, 0.05) is 11.1 Å². The minimum Gasteiger partial charge on any atom is -0.477 e. The van der Waals surface area contributed by atoms with E-state index >= 15 is 0 Å². The molecular weight excluding hydrogens is 535 g/mol. The van der Waals surface area contributed by atoms with Crippen molar-refractivity contribution < 1.29 is 24.3 Å². The maximum absolute atomic E-state index is 12.9. The molecule has 1 fully saturated rings. The second kappa shape index (κ2) is 10.3. The number of hydrogen-bond donors (Lipinski definition) is 3. The predicted molar refractivity (Wildman–Crippen MR) is 134 cm³/mol. The molecule has 0 aliphatic carbocycles. The van der Waals surface area contributed by atoms with E-state index in [2.05, 4.69) is 25.7 Å². The van der Waals surface area contributed by atoms with Crippen molar-refractivity contribution in [3.05, 3.63) is 38.3 Å². The lowest BCUT2D eigenvalue weighted by molar-refractivity contribution is -0.150. The highest BCUT2D eigenvalue weighted by Crippen LogP contribution is 2.41. The van der Waals surface area contributed by atoms with E-state index in [4.69, 9.17) is 10.6 Å². The van der Waals surface area contributed by atoms with Crippen molar-refractivity contribution in [3.63, 3.8) is 0 Å². The predicted octanol–water partition coefficient (Wildman–Crippen LogP) is 1.67. The summed E-state index contributed by atoms with van der Waals surface area (Å²) in [6, 6.07) is -0.926. The quantitative estimate of drug-likeness (QED) is 0.188. The molecule has 2 unspecified atom stereocenters. The number of oxime groups is 1. The van der Waals surface area contributed by atoms with Crippen LogP contribution in [0.5, 0.6) is 0 Å². The number of nitrogens with one attached hydrogen (secondary N) is 1. The molecule has 1 saturated heterocycles. The molecule has 2 atom stereocenters. The number of amides is 2. The van der Waals surface area contributed by atoms with Gasteiger partial charge in [-0.15, -0.1) is 33.3 Å². The smallest absolute Gasteiger partial charge is 0.352 e. The van der Waals surface area contributed by atoms with Crippen LogP contribution in [0.25, 0.3) is 0 Å². The molecule has 4 heterocycles. The van der Waals surface area contributed by atoms with Crippen LogP contribution in [-0.2, 0) is 19.2 Å². The summed E-state index contributed by atoms with van der Waals surface area (Å²) in [4.78, 5) is 48.7. The molecule has 0 bridgehead atoms. The molecule has 0 spiro atoms. The maximum Gasteiger partial charge on any atom is 0.352 e. The van der Waals surface area contributed by atoms with Crippen LogP contribution >= 0.6 is 46.2 Å². The lowest BCUT2D eigenvalue weighted by Gasteiger charge is -2.49. The molecule has 0 aromatic carbocycles. The average Bonchev–Trinajstić information content (AvgIpc) is 3.42. The molecule has 12 nitrogen and oxygen atoms in total. The Bertz CT molecular complexity index is 1280. The number of carbonyl (C=O) groups is 3. The van der Waals surface area contributed by atoms with Crippen molar-refractivity contribution in [2.45, 2.75) is 29.6 Å². The Kier molecular flexibility index (Phi) is 7.44. The number of aryl methyl sites for hydroxylation is 1. The van der Waals surface area contributed by atoms with Gasteiger partial charge in [-0.3, -0.25) is 14.5 Å². The van der Waals surface area contributed by atoms with Crippen molar-refractivity contribution in [2.24, 2.45) is 5.16 Å². The van der Waals surface area contributed by atoms with Gasteiger partial charge >= 0.3 is 5.97 Å². The second-order valence-electron chi connectivity index (χ2n) is 7.18. The van der Waals surface area contributed by atoms with Crippen LogP contribution in [0, 0.1) is 6.92 Å². The zero-order valence-corrected chi connectivity index (χ0v) is 21.8. The number of rotatable bonds is 8. The van der Waals surface area contributed by atoms with E-state index in [-0.39, 0.29) is 22.2 Å². The first-order valence-corrected chi connectivity index (χ1v) is 13.5. The molecule has 2 aromatic rings. The van der Waals surface area contributed by atoms with E-state index in [9.17, 15) is 19.5 Å². The monoisotopic (exact) mass is 553 g/mol. The molecule has 0 radical (unpaired) electrons. The number of thiazole rings is 1. The van der Waals surface area contributed by atoms with Crippen LogP contribution in [0.4, 0.5) is 5.13 Å². The van der Waals surface area contributed by atoms with Gasteiger partial charge in [0.15, 0.2) is 15.2 Å². The molecule has 2 aliphatic rings. The molecule has 2 amide bonds. The van der Waals surface area contributed by atoms with Gasteiger partial charge in [-0.05, 0) is 30.4 Å². The van der Waals surface area contributed by atoms with Crippen LogP contribution in [0.2, 0.25) is 0 Å². The van der Waals surface area contributed by atoms with Gasteiger partial charge in [0.1, 0.15) is 34.9 Å². The van der Waals surface area contributed by atoms with Crippen molar-refractivity contribution in [3.8, 4) is 0 Å². The molecular formula is C19H19N7O5S4. The minimum absolute atomic E-state index is 0.101. The summed E-state index contributed by atoms with van der Waals surface area (Å²) in [5.74, 6) is -2.08. The number of carbonyl (C=O) groups excluding carboxylic acids is 2. The van der Waals surface area contributed by atoms with Gasteiger partial charge in [0.05, 0.1) is 0 Å². The first-order chi connectivity index (χ1) is 16.7. The molecule has 2 aromatic heterocycles. The summed E-state index contributed by atoms with van der Waals surface area (Å²) >= 11 is 5.30. The summed E-state index contributed by atoms with van der Waals surface area (Å²) in [5.41, 5.74) is 6.12. The van der Waals surface area contributed by atoms with Crippen LogP contribution < -0.4 is 11.1 Å². The lowest BCUT2D eigenvalue weighted by atomic mass is 10.0. The van der Waals surface area contributed by atoms with Crippen LogP contribution in [0.1, 0.15) is 17.6 Å². The second-order valence-corrected chi connectivity index (χ2v) is 11.8. The number of carboxylic acids is 1. The number of hydrogen-bond acceptors (Lipinski definition) is 13. The number of fused-ring (bicyclic) bond motifs is 1. The number of nitrogens with zero attached hydrogens (tertiary/aromatic N) is 5. The Balaban J connectivity index is 1.52. The van der Waals surface area contributed by atoms with Gasteiger partial charge in [-0.2, -0.15) is 0 Å². The third kappa shape index (κ3) is 5.19. The van der Waals surface area contributed by atoms with Gasteiger partial charge in [0.25, 0.3) is 11.8 Å². The molecule has 184 valence electrons. The molecule has 2 aliphatic heterocycles. The molecule has 4 N–H and O–H groups in total. The number of allylic oxidation sites excluding steroid dienone is 2. The number of nitrogen functional groups attached to an aromatic ring is 1. The standard InChI is InChI=1S/C19H19N7O5S4/c1-7(34-19-24-23-8(2)35-19)4-9-5-32-16-12(15(28)26(16)13(9)17(29)30)22-14(27)11(25-31-3)10-6-33-18(20)21-10/h4,6,12,16H,5H2,1-3H3,(H2,20,21)(H,22,27)(H,29,30)/b7-4+,25-11-. The van der Waals surface area contributed by atoms with E-state index in [1.165, 1.54) is 46.9 Å². The minimum atomic E-state index is -1.22. The van der Waals surface area contributed by atoms with Gasteiger partial charge in [0.2, 0.25) is 0 Å². The number of nitrogens with two attached hydrogens (primary N) is 1. The number of thioether (sulfide) groups is 2. The average molecular weight is 554 g/mol. The topological polar surface area (TPSA) is 173 Å². The van der Waals surface area contributed by atoms with E-state index in [1.54, 1.807) is 11.5 Å². The maximum atomic E-state index is 12.9. The Hall–Kier alpha value is -2.95. The van der Waals surface area contributed by atoms with Crippen molar-refractivity contribution in [1.29, 1.82) is 0 Å². The fourth-order valence-corrected chi connectivity index (χ4v) is 7.14. The third-order valence-electron chi connectivity index (χ3n) is 4.78. The number of anilines is 1. The van der Waals surface area contributed by atoms with Crippen molar-refractivity contribution in [2.75, 3.05) is 18.6 Å². The van der Waals surface area contributed by atoms with E-state index in [0.717, 1.165) is 25.6 Å². The first kappa shape index (κ1) is 25.2. The van der Waals surface area contributed by atoms with Gasteiger partial charge in [-0.1, -0.05) is 28.3 Å². The van der Waals surface area contributed by atoms with Crippen molar-refractivity contribution in [1.82, 2.24) is 25.4 Å². The molecule has 0 saturated carbocycles. The summed E-state index contributed by atoms with van der Waals surface area (Å²) in [5, 5.41) is 26.3. The number of β-lactam (4-membered cyclic amide) rings is 1. The Morgan fingerprint density at radius 3 is 2.80 bits per heavy atom. The van der Waals surface area contributed by atoms with Crippen LogP contribution in [0.3, 0.4) is 0 Å². The largest absolute Gasteiger partial charge is 0.477 e. The SMILES string of the molecule is CO/N=C(\C(=O)NC1C(=O)N2C(C(=O)O)=C(/C=C(\C)Sc3nnc(C)s3)CSC12)c1csc(N)n1. The Labute approximate surface area is 215 Å². The normalized spacial score (nSPS) is 20.4. The van der Waals surface area contributed by atoms with E-state index < -0.39 is 29.2 Å². The van der Waals surface area contributed by atoms with Crippen LogP contribution in [-0.4, -0.2) is 73.0 Å². The fraction of sp³-hybridized carbons (Fsp3) is 0.316. The summed E-state index contributed by atoms with van der Waals surface area (Å²) in [7, 11) is 1.28. The first-order valence-electron chi connectivity index (χ1n) is 9.90. The summed E-state index contributed by atoms with van der Waals surface area (Å²) in [6.45, 7) is 3.69. The highest BCUT2D eigenvalue weighted by Gasteiger charge is 2.54. The molecule has 35 heavy (non-hydrogen) atoms. The van der Waals surface area contributed by atoms with E-state index in [1.807, 2.05) is 13.8 Å². The lowest BCUT2D eigenvalue weighted by Crippen LogP contribution is -2.71. The fourth-order valence-electron chi connectivity index (χ4n) is 3.39. The third-order valence-corrected chi connectivity index (χ3v) is 8.59. The van der Waals surface area contributed by atoms with E-state index in [0.29, 0.717) is 11.3 Å². The highest BCUT2D eigenvalue weighted by atomic mass is 32.2. The number of carboxylic acid groups (broad SMARTS) is 1. The van der Waals surface area contributed by atoms with Crippen molar-refractivity contribution >= 4 is 74.8 Å².